The summed E-state index contributed by atoms with van der Waals surface area (Å²) < 4.78 is 11.7. The molecule has 10 heteroatoms. The number of fused-ring (bicyclic) bond motifs is 1. The van der Waals surface area contributed by atoms with E-state index in [1.807, 2.05) is 54.6 Å². The van der Waals surface area contributed by atoms with Gasteiger partial charge in [0, 0.05) is 33.8 Å². The number of H-pyrrole nitrogens is 1. The Morgan fingerprint density at radius 1 is 1.00 bits per heavy atom. The Morgan fingerprint density at radius 3 is 2.45 bits per heavy atom. The summed E-state index contributed by atoms with van der Waals surface area (Å²) in [6.07, 6.45) is -0.335. The normalized spacial score (nSPS) is 14.7. The van der Waals surface area contributed by atoms with Crippen molar-refractivity contribution in [1.82, 2.24) is 9.99 Å². The number of carbonyl (C=O) groups excluding carboxylic acids is 1. The molecule has 0 saturated carbocycles. The Morgan fingerprint density at radius 2 is 1.75 bits per heavy atom. The van der Waals surface area contributed by atoms with Gasteiger partial charge in [0.15, 0.2) is 11.5 Å². The molecule has 2 N–H and O–H groups in total. The van der Waals surface area contributed by atoms with Crippen LogP contribution in [-0.4, -0.2) is 46.9 Å². The van der Waals surface area contributed by atoms with Crippen molar-refractivity contribution < 1.29 is 24.2 Å². The van der Waals surface area contributed by atoms with E-state index in [1.54, 1.807) is 12.1 Å². The topological polar surface area (TPSA) is 121 Å². The molecule has 40 heavy (non-hydrogen) atoms. The first-order valence-corrected chi connectivity index (χ1v) is 13.3. The molecule has 3 aromatic carbocycles. The van der Waals surface area contributed by atoms with Crippen LogP contribution in [0.25, 0.3) is 22.0 Å². The highest BCUT2D eigenvalue weighted by molar-refractivity contribution is 9.10. The zero-order valence-corrected chi connectivity index (χ0v) is 23.4. The van der Waals surface area contributed by atoms with Crippen molar-refractivity contribution in [3.63, 3.8) is 0 Å². The van der Waals surface area contributed by atoms with Crippen LogP contribution < -0.4 is 15.0 Å². The van der Waals surface area contributed by atoms with Gasteiger partial charge in [-0.25, -0.2) is 5.01 Å². The maximum absolute atomic E-state index is 13.7. The summed E-state index contributed by atoms with van der Waals surface area (Å²) in [5, 5.41) is 16.0. The van der Waals surface area contributed by atoms with E-state index >= 15 is 0 Å². The van der Waals surface area contributed by atoms with Crippen LogP contribution in [0.3, 0.4) is 0 Å². The largest absolute Gasteiger partial charge is 0.493 e. The molecule has 1 aromatic heterocycles. The lowest BCUT2D eigenvalue weighted by Gasteiger charge is -2.22. The summed E-state index contributed by atoms with van der Waals surface area (Å²) in [4.78, 5) is 41.1. The average Bonchev–Trinajstić information content (AvgIpc) is 3.40. The van der Waals surface area contributed by atoms with Gasteiger partial charge in [0.2, 0.25) is 5.91 Å². The van der Waals surface area contributed by atoms with Gasteiger partial charge in [-0.05, 0) is 41.5 Å². The highest BCUT2D eigenvalue weighted by Gasteiger charge is 2.36. The second kappa shape index (κ2) is 11.4. The Bertz CT molecular complexity index is 1700. The molecule has 2 heterocycles. The lowest BCUT2D eigenvalue weighted by Crippen LogP contribution is -2.27. The summed E-state index contributed by atoms with van der Waals surface area (Å²) in [5.74, 6) is -0.539. The van der Waals surface area contributed by atoms with E-state index in [-0.39, 0.29) is 24.8 Å². The minimum Gasteiger partial charge on any atom is -0.493 e. The van der Waals surface area contributed by atoms with Crippen molar-refractivity contribution in [2.45, 2.75) is 25.3 Å². The quantitative estimate of drug-likeness (QED) is 0.273. The fraction of sp³-hybridized carbons (Fsp3) is 0.200. The number of amides is 1. The van der Waals surface area contributed by atoms with Crippen LogP contribution in [0.4, 0.5) is 0 Å². The number of methoxy groups -OCH3 is 2. The molecule has 0 spiro atoms. The fourth-order valence-electron chi connectivity index (χ4n) is 4.98. The molecule has 0 radical (unpaired) electrons. The molecule has 9 nitrogen and oxygen atoms in total. The van der Waals surface area contributed by atoms with Crippen molar-refractivity contribution in [3.05, 3.63) is 92.7 Å². The first kappa shape index (κ1) is 27.1. The number of aromatic nitrogens is 1. The highest BCUT2D eigenvalue weighted by Crippen LogP contribution is 2.40. The molecule has 1 aliphatic rings. The summed E-state index contributed by atoms with van der Waals surface area (Å²) in [5.41, 5.74) is 3.35. The molecule has 0 saturated heterocycles. The second-order valence-electron chi connectivity index (χ2n) is 9.27. The highest BCUT2D eigenvalue weighted by atomic mass is 79.9. The van der Waals surface area contributed by atoms with Crippen molar-refractivity contribution in [3.8, 4) is 22.6 Å². The maximum Gasteiger partial charge on any atom is 0.303 e. The van der Waals surface area contributed by atoms with Crippen LogP contribution in [0.2, 0.25) is 0 Å². The van der Waals surface area contributed by atoms with Gasteiger partial charge < -0.3 is 19.6 Å². The summed E-state index contributed by atoms with van der Waals surface area (Å²) >= 11 is 3.54. The predicted molar refractivity (Wildman–Crippen MR) is 155 cm³/mol. The van der Waals surface area contributed by atoms with Crippen LogP contribution in [-0.2, 0) is 9.59 Å². The number of hydrazone groups is 1. The van der Waals surface area contributed by atoms with Gasteiger partial charge in [-0.3, -0.25) is 14.4 Å². The molecule has 4 aromatic rings. The van der Waals surface area contributed by atoms with Crippen LogP contribution in [0.5, 0.6) is 11.5 Å². The number of aliphatic carboxylic acids is 1. The van der Waals surface area contributed by atoms with Gasteiger partial charge >= 0.3 is 5.97 Å². The molecule has 0 bridgehead atoms. The third kappa shape index (κ3) is 5.22. The average molecular weight is 604 g/mol. The first-order chi connectivity index (χ1) is 19.3. The van der Waals surface area contributed by atoms with Crippen molar-refractivity contribution >= 4 is 44.4 Å². The Kier molecular flexibility index (Phi) is 7.70. The van der Waals surface area contributed by atoms with Crippen molar-refractivity contribution in [1.29, 1.82) is 0 Å². The monoisotopic (exact) mass is 603 g/mol. The number of ether oxygens (including phenoxy) is 2. The maximum atomic E-state index is 13.7. The lowest BCUT2D eigenvalue weighted by molar-refractivity contribution is -0.141. The number of carbonyl (C=O) groups is 2. The number of benzene rings is 3. The molecule has 1 amide bonds. The van der Waals surface area contributed by atoms with Gasteiger partial charge in [-0.15, -0.1) is 0 Å². The first-order valence-electron chi connectivity index (χ1n) is 12.5. The van der Waals surface area contributed by atoms with Crippen LogP contribution in [0.1, 0.15) is 36.4 Å². The third-order valence-electron chi connectivity index (χ3n) is 6.84. The standard InChI is InChI=1S/C30H26BrN3O6/c1-39-24-11-8-18(14-25(24)40-2)23-16-22(33-34(23)26(35)12-13-27(36)37)29-28(17-6-4-3-5-7-17)20-15-19(31)9-10-21(20)32-30(29)38/h3-11,14-15,23H,12-13,16H2,1-2H3,(H,32,38)(H,36,37). The van der Waals surface area contributed by atoms with Crippen LogP contribution >= 0.6 is 15.9 Å². The number of nitrogens with zero attached hydrogens (tertiary/aromatic N) is 2. The fourth-order valence-corrected chi connectivity index (χ4v) is 5.35. The van der Waals surface area contributed by atoms with Gasteiger partial charge in [0.1, 0.15) is 0 Å². The van der Waals surface area contributed by atoms with Gasteiger partial charge in [0.25, 0.3) is 5.56 Å². The summed E-state index contributed by atoms with van der Waals surface area (Å²) in [6.45, 7) is 0. The lowest BCUT2D eigenvalue weighted by atomic mass is 9.91. The zero-order valence-electron chi connectivity index (χ0n) is 21.8. The molecule has 0 aliphatic carbocycles. The van der Waals surface area contributed by atoms with E-state index in [1.165, 1.54) is 19.2 Å². The van der Waals surface area contributed by atoms with E-state index in [9.17, 15) is 19.5 Å². The molecule has 1 unspecified atom stereocenters. The van der Waals surface area contributed by atoms with Gasteiger partial charge in [0.05, 0.1) is 38.0 Å². The minimum atomic E-state index is -1.08. The number of hydrogen-bond acceptors (Lipinski definition) is 6. The van der Waals surface area contributed by atoms with Crippen molar-refractivity contribution in [2.75, 3.05) is 14.2 Å². The van der Waals surface area contributed by atoms with E-state index in [2.05, 4.69) is 26.0 Å². The SMILES string of the molecule is COc1ccc(C2CC(c3c(-c4ccccc4)c4cc(Br)ccc4[nH]c3=O)=NN2C(=O)CCC(=O)O)cc1OC. The zero-order chi connectivity index (χ0) is 28.4. The molecule has 1 atom stereocenters. The Hall–Kier alpha value is -4.44. The number of carboxylic acid groups (broad SMARTS) is 1. The number of rotatable bonds is 8. The predicted octanol–water partition coefficient (Wildman–Crippen LogP) is 5.52. The Balaban J connectivity index is 1.69. The molecule has 1 aliphatic heterocycles. The summed E-state index contributed by atoms with van der Waals surface area (Å²) in [6, 6.07) is 19.9. The van der Waals surface area contributed by atoms with Crippen LogP contribution in [0, 0.1) is 0 Å². The van der Waals surface area contributed by atoms with E-state index in [0.717, 1.165) is 15.4 Å². The number of pyridine rings is 1. The number of aromatic amines is 1. The van der Waals surface area contributed by atoms with E-state index < -0.39 is 17.9 Å². The number of carboxylic acids is 1. The molecule has 5 rings (SSSR count). The van der Waals surface area contributed by atoms with E-state index in [0.29, 0.717) is 39.4 Å². The number of halogens is 1. The molecular weight excluding hydrogens is 578 g/mol. The molecule has 0 fully saturated rings. The van der Waals surface area contributed by atoms with E-state index in [4.69, 9.17) is 9.47 Å². The molecule has 204 valence electrons. The van der Waals surface area contributed by atoms with Crippen molar-refractivity contribution in [2.24, 2.45) is 5.10 Å². The Labute approximate surface area is 238 Å². The van der Waals surface area contributed by atoms with Crippen LogP contribution in [0.15, 0.2) is 81.1 Å². The molecular formula is C30H26BrN3O6. The van der Waals surface area contributed by atoms with Gasteiger partial charge in [-0.1, -0.05) is 52.3 Å². The number of hydrogen-bond donors (Lipinski definition) is 2. The minimum absolute atomic E-state index is 0.233. The smallest absolute Gasteiger partial charge is 0.303 e. The third-order valence-corrected chi connectivity index (χ3v) is 7.33. The number of nitrogens with one attached hydrogen (secondary N) is 1. The summed E-state index contributed by atoms with van der Waals surface area (Å²) in [7, 11) is 3.05. The van der Waals surface area contributed by atoms with Gasteiger partial charge in [-0.2, -0.15) is 5.10 Å². The second-order valence-corrected chi connectivity index (χ2v) is 10.2.